The quantitative estimate of drug-likeness (QED) is 0.760. The first-order valence-corrected chi connectivity index (χ1v) is 10.1. The van der Waals surface area contributed by atoms with Crippen LogP contribution in [0.1, 0.15) is 24.9 Å². The number of benzene rings is 1. The van der Waals surface area contributed by atoms with Crippen LogP contribution in [-0.4, -0.2) is 41.3 Å². The summed E-state index contributed by atoms with van der Waals surface area (Å²) in [5, 5.41) is 4.26. The first-order valence-electron chi connectivity index (χ1n) is 7.66. The van der Waals surface area contributed by atoms with E-state index in [4.69, 9.17) is 10.7 Å². The van der Waals surface area contributed by atoms with Crippen molar-refractivity contribution in [3.8, 4) is 5.69 Å². The van der Waals surface area contributed by atoms with E-state index in [2.05, 4.69) is 5.10 Å². The van der Waals surface area contributed by atoms with Crippen molar-refractivity contribution >= 4 is 25.6 Å². The standard InChI is InChI=1S/C16H18ClN3O3S/c1-12(19-10-13(9-16(19)21)11-24(17,22)23)14-5-2-3-6-15(14)20-8-4-7-18-20/h2-8,12-13H,9-11H2,1H3. The Morgan fingerprint density at radius 1 is 1.33 bits per heavy atom. The summed E-state index contributed by atoms with van der Waals surface area (Å²) in [5.41, 5.74) is 1.86. The van der Waals surface area contributed by atoms with Crippen LogP contribution in [0.4, 0.5) is 0 Å². The van der Waals surface area contributed by atoms with Crippen molar-refractivity contribution < 1.29 is 13.2 Å². The predicted molar refractivity (Wildman–Crippen MR) is 91.4 cm³/mol. The molecule has 0 aliphatic carbocycles. The van der Waals surface area contributed by atoms with Crippen molar-refractivity contribution in [2.45, 2.75) is 19.4 Å². The summed E-state index contributed by atoms with van der Waals surface area (Å²) in [6.07, 6.45) is 3.75. The lowest BCUT2D eigenvalue weighted by Gasteiger charge is -2.27. The van der Waals surface area contributed by atoms with E-state index in [0.717, 1.165) is 11.3 Å². The van der Waals surface area contributed by atoms with Crippen LogP contribution in [0.2, 0.25) is 0 Å². The van der Waals surface area contributed by atoms with Crippen molar-refractivity contribution in [3.63, 3.8) is 0 Å². The number of para-hydroxylation sites is 1. The minimum absolute atomic E-state index is 0.0527. The van der Waals surface area contributed by atoms with Crippen LogP contribution in [0.25, 0.3) is 5.69 Å². The average molecular weight is 368 g/mol. The second-order valence-corrected chi connectivity index (χ2v) is 8.83. The van der Waals surface area contributed by atoms with Gasteiger partial charge in [0.1, 0.15) is 0 Å². The summed E-state index contributed by atoms with van der Waals surface area (Å²) < 4.78 is 24.3. The van der Waals surface area contributed by atoms with Crippen molar-refractivity contribution in [3.05, 3.63) is 48.3 Å². The molecule has 2 heterocycles. The van der Waals surface area contributed by atoms with E-state index >= 15 is 0 Å². The molecule has 128 valence electrons. The Bertz CT molecular complexity index is 836. The van der Waals surface area contributed by atoms with Crippen molar-refractivity contribution in [1.29, 1.82) is 0 Å². The van der Waals surface area contributed by atoms with Gasteiger partial charge in [0.05, 0.1) is 17.5 Å². The van der Waals surface area contributed by atoms with Gasteiger partial charge in [-0.1, -0.05) is 18.2 Å². The van der Waals surface area contributed by atoms with E-state index in [0.29, 0.717) is 6.54 Å². The predicted octanol–water partition coefficient (Wildman–Crippen LogP) is 2.35. The normalized spacial score (nSPS) is 19.7. The molecule has 0 N–H and O–H groups in total. The number of halogens is 1. The highest BCUT2D eigenvalue weighted by molar-refractivity contribution is 8.13. The maximum Gasteiger partial charge on any atom is 0.232 e. The number of nitrogens with zero attached hydrogens (tertiary/aromatic N) is 3. The third-order valence-corrected chi connectivity index (χ3v) is 5.53. The molecule has 1 aromatic carbocycles. The topological polar surface area (TPSA) is 72.3 Å². The maximum absolute atomic E-state index is 12.3. The molecule has 1 amide bonds. The second-order valence-electron chi connectivity index (χ2n) is 6.01. The van der Waals surface area contributed by atoms with E-state index in [-0.39, 0.29) is 30.0 Å². The number of hydrogen-bond donors (Lipinski definition) is 0. The summed E-state index contributed by atoms with van der Waals surface area (Å²) in [5.74, 6) is -0.493. The van der Waals surface area contributed by atoms with Gasteiger partial charge >= 0.3 is 0 Å². The minimum atomic E-state index is -3.61. The maximum atomic E-state index is 12.3. The molecule has 1 aliphatic heterocycles. The number of hydrogen-bond acceptors (Lipinski definition) is 4. The third kappa shape index (κ3) is 3.62. The number of carbonyl (C=O) groups is 1. The Hall–Kier alpha value is -1.86. The van der Waals surface area contributed by atoms with Gasteiger partial charge in [-0.05, 0) is 19.1 Å². The van der Waals surface area contributed by atoms with E-state index in [9.17, 15) is 13.2 Å². The Morgan fingerprint density at radius 3 is 2.75 bits per heavy atom. The molecule has 1 saturated heterocycles. The van der Waals surface area contributed by atoms with Gasteiger partial charge in [0.15, 0.2) is 0 Å². The molecule has 2 unspecified atom stereocenters. The monoisotopic (exact) mass is 367 g/mol. The number of rotatable bonds is 5. The highest BCUT2D eigenvalue weighted by Crippen LogP contribution is 2.32. The molecule has 1 aromatic heterocycles. The Kier molecular flexibility index (Phi) is 4.64. The van der Waals surface area contributed by atoms with Gasteiger partial charge in [-0.3, -0.25) is 4.79 Å². The summed E-state index contributed by atoms with van der Waals surface area (Å²) in [6.45, 7) is 2.33. The van der Waals surface area contributed by atoms with E-state index < -0.39 is 9.05 Å². The van der Waals surface area contributed by atoms with Crippen LogP contribution in [0.3, 0.4) is 0 Å². The molecule has 1 aliphatic rings. The zero-order valence-electron chi connectivity index (χ0n) is 13.2. The van der Waals surface area contributed by atoms with Crippen LogP contribution < -0.4 is 0 Å². The molecule has 6 nitrogen and oxygen atoms in total. The van der Waals surface area contributed by atoms with Gasteiger partial charge in [0.2, 0.25) is 15.0 Å². The molecule has 0 radical (unpaired) electrons. The van der Waals surface area contributed by atoms with Crippen LogP contribution in [-0.2, 0) is 13.8 Å². The van der Waals surface area contributed by atoms with Crippen molar-refractivity contribution in [1.82, 2.24) is 14.7 Å². The van der Waals surface area contributed by atoms with E-state index in [1.807, 2.05) is 43.5 Å². The van der Waals surface area contributed by atoms with Gasteiger partial charge < -0.3 is 4.90 Å². The molecule has 3 rings (SSSR count). The van der Waals surface area contributed by atoms with Crippen LogP contribution in [0, 0.1) is 5.92 Å². The lowest BCUT2D eigenvalue weighted by Crippen LogP contribution is -2.29. The van der Waals surface area contributed by atoms with Crippen LogP contribution in [0.15, 0.2) is 42.7 Å². The number of amides is 1. The fourth-order valence-corrected chi connectivity index (χ4v) is 4.53. The van der Waals surface area contributed by atoms with E-state index in [1.54, 1.807) is 15.8 Å². The van der Waals surface area contributed by atoms with E-state index in [1.165, 1.54) is 0 Å². The smallest absolute Gasteiger partial charge is 0.232 e. The first-order chi connectivity index (χ1) is 11.3. The molecule has 2 atom stereocenters. The summed E-state index contributed by atoms with van der Waals surface area (Å²) in [4.78, 5) is 14.1. The Labute approximate surface area is 145 Å². The molecular weight excluding hydrogens is 350 g/mol. The molecule has 0 spiro atoms. The SMILES string of the molecule is CC(c1ccccc1-n1cccn1)N1CC(CS(=O)(=O)Cl)CC1=O. The first kappa shape index (κ1) is 17.0. The highest BCUT2D eigenvalue weighted by atomic mass is 35.7. The van der Waals surface area contributed by atoms with Crippen molar-refractivity contribution in [2.24, 2.45) is 5.92 Å². The van der Waals surface area contributed by atoms with Crippen LogP contribution in [0.5, 0.6) is 0 Å². The summed E-state index contributed by atoms with van der Waals surface area (Å²) >= 11 is 0. The largest absolute Gasteiger partial charge is 0.336 e. The van der Waals surface area contributed by atoms with Gasteiger partial charge in [0.25, 0.3) is 0 Å². The number of carbonyl (C=O) groups excluding carboxylic acids is 1. The molecule has 0 saturated carbocycles. The second kappa shape index (κ2) is 6.57. The number of aromatic nitrogens is 2. The van der Waals surface area contributed by atoms with Gasteiger partial charge in [-0.2, -0.15) is 5.10 Å². The average Bonchev–Trinajstić information content (AvgIpc) is 3.15. The van der Waals surface area contributed by atoms with Gasteiger partial charge in [0, 0.05) is 47.5 Å². The molecule has 8 heteroatoms. The lowest BCUT2D eigenvalue weighted by atomic mass is 10.0. The molecule has 24 heavy (non-hydrogen) atoms. The third-order valence-electron chi connectivity index (χ3n) is 4.28. The zero-order valence-corrected chi connectivity index (χ0v) is 14.7. The zero-order chi connectivity index (χ0) is 17.3. The fraction of sp³-hybridized carbons (Fsp3) is 0.375. The van der Waals surface area contributed by atoms with Crippen LogP contribution >= 0.6 is 10.7 Å². The van der Waals surface area contributed by atoms with Crippen molar-refractivity contribution in [2.75, 3.05) is 12.3 Å². The lowest BCUT2D eigenvalue weighted by molar-refractivity contribution is -0.129. The summed E-state index contributed by atoms with van der Waals surface area (Å²) in [7, 11) is 1.72. The fourth-order valence-electron chi connectivity index (χ4n) is 3.20. The number of likely N-dealkylation sites (tertiary alicyclic amines) is 1. The minimum Gasteiger partial charge on any atom is -0.336 e. The van der Waals surface area contributed by atoms with Gasteiger partial charge in [-0.15, -0.1) is 0 Å². The summed E-state index contributed by atoms with van der Waals surface area (Å²) in [6, 6.07) is 9.40. The molecule has 1 fully saturated rings. The Balaban J connectivity index is 1.85. The molecule has 0 bridgehead atoms. The molecule has 2 aromatic rings. The van der Waals surface area contributed by atoms with Gasteiger partial charge in [-0.25, -0.2) is 13.1 Å². The Morgan fingerprint density at radius 2 is 2.08 bits per heavy atom. The highest BCUT2D eigenvalue weighted by Gasteiger charge is 2.35. The molecular formula is C16H18ClN3O3S.